The first-order valence-corrected chi connectivity index (χ1v) is 10.4. The third-order valence-electron chi connectivity index (χ3n) is 6.02. The second-order valence-electron chi connectivity index (χ2n) is 8.36. The van der Waals surface area contributed by atoms with Crippen LogP contribution in [-0.4, -0.2) is 156 Å². The summed E-state index contributed by atoms with van der Waals surface area (Å²) in [4.78, 5) is 11.5. The monoisotopic (exact) mass is 502 g/mol. The molecule has 3 aliphatic heterocycles. The summed E-state index contributed by atoms with van der Waals surface area (Å²) in [7, 11) is 0. The van der Waals surface area contributed by atoms with Crippen molar-refractivity contribution >= 4 is 5.97 Å². The average molecular weight is 502 g/mol. The van der Waals surface area contributed by atoms with E-state index in [0.717, 1.165) is 0 Å². The lowest BCUT2D eigenvalue weighted by Crippen LogP contribution is -2.67. The molecule has 16 heteroatoms. The van der Waals surface area contributed by atoms with Gasteiger partial charge >= 0.3 is 5.97 Å². The fourth-order valence-corrected chi connectivity index (χ4v) is 3.96. The zero-order chi connectivity index (χ0) is 25.5. The molecule has 0 bridgehead atoms. The molecule has 15 atom stereocenters. The molecule has 0 aromatic rings. The predicted octanol–water partition coefficient (Wildman–Crippen LogP) is -6.45. The third-order valence-corrected chi connectivity index (χ3v) is 6.02. The van der Waals surface area contributed by atoms with Gasteiger partial charge in [0.2, 0.25) is 0 Å². The van der Waals surface area contributed by atoms with Crippen LogP contribution in [0.25, 0.3) is 0 Å². The van der Waals surface area contributed by atoms with Gasteiger partial charge in [0.15, 0.2) is 25.0 Å². The lowest BCUT2D eigenvalue weighted by atomic mass is 9.96. The van der Waals surface area contributed by atoms with Crippen LogP contribution in [0, 0.1) is 0 Å². The first kappa shape index (κ1) is 27.5. The molecule has 0 spiro atoms. The third kappa shape index (κ3) is 5.20. The first-order valence-electron chi connectivity index (χ1n) is 10.4. The number of carbonyl (C=O) groups is 1. The van der Waals surface area contributed by atoms with E-state index in [1.54, 1.807) is 0 Å². The van der Waals surface area contributed by atoms with Crippen molar-refractivity contribution in [3.05, 3.63) is 0 Å². The SMILES string of the molecule is C[C@@H]1O[C@@H](O[C@H]2[C@H](O)[C@@H](C(=O)O)O[C@@H](O)[C@@H]2O[C@@H]2O[C@H](CO)[C@@H](O)[C@H](O)[C@H]2O)[C@H](O)[C@H](O)[C@H]1O. The minimum absolute atomic E-state index is 0.793. The van der Waals surface area contributed by atoms with Crippen LogP contribution in [0.5, 0.6) is 0 Å². The molecule has 0 radical (unpaired) electrons. The van der Waals surface area contributed by atoms with Gasteiger partial charge in [-0.3, -0.25) is 0 Å². The van der Waals surface area contributed by atoms with Crippen molar-refractivity contribution in [3.63, 3.8) is 0 Å². The van der Waals surface area contributed by atoms with Crippen LogP contribution in [0.2, 0.25) is 0 Å². The summed E-state index contributed by atoms with van der Waals surface area (Å²) in [5.41, 5.74) is 0. The quantitative estimate of drug-likeness (QED) is 0.162. The van der Waals surface area contributed by atoms with Gasteiger partial charge in [0.25, 0.3) is 0 Å². The van der Waals surface area contributed by atoms with Gasteiger partial charge in [0.05, 0.1) is 12.7 Å². The molecule has 3 rings (SSSR count). The van der Waals surface area contributed by atoms with Gasteiger partial charge in [-0.1, -0.05) is 0 Å². The zero-order valence-electron chi connectivity index (χ0n) is 17.8. The molecule has 0 aromatic carbocycles. The van der Waals surface area contributed by atoms with Crippen LogP contribution in [0.3, 0.4) is 0 Å². The van der Waals surface area contributed by atoms with Crippen LogP contribution in [0.1, 0.15) is 6.92 Å². The van der Waals surface area contributed by atoms with E-state index in [0.29, 0.717) is 0 Å². The lowest BCUT2D eigenvalue weighted by molar-refractivity contribution is -0.383. The maximum absolute atomic E-state index is 11.5. The van der Waals surface area contributed by atoms with E-state index in [1.807, 2.05) is 0 Å². The van der Waals surface area contributed by atoms with Crippen molar-refractivity contribution < 1.29 is 79.5 Å². The molecule has 3 heterocycles. The Morgan fingerprint density at radius 1 is 0.706 bits per heavy atom. The average Bonchev–Trinajstić information content (AvgIpc) is 2.79. The summed E-state index contributed by atoms with van der Waals surface area (Å²) in [5.74, 6) is -1.69. The first-order chi connectivity index (χ1) is 15.9. The Kier molecular flexibility index (Phi) is 8.81. The number of aliphatic hydroxyl groups is 9. The van der Waals surface area contributed by atoms with Gasteiger partial charge in [-0.05, 0) is 6.92 Å². The van der Waals surface area contributed by atoms with Crippen LogP contribution >= 0.6 is 0 Å². The van der Waals surface area contributed by atoms with Crippen LogP contribution in [0.4, 0.5) is 0 Å². The van der Waals surface area contributed by atoms with E-state index in [4.69, 9.17) is 23.7 Å². The molecule has 198 valence electrons. The Morgan fingerprint density at radius 2 is 1.24 bits per heavy atom. The number of carboxylic acid groups (broad SMARTS) is 1. The highest BCUT2D eigenvalue weighted by Gasteiger charge is 2.55. The molecule has 3 saturated heterocycles. The number of aliphatic carboxylic acids is 1. The molecule has 0 unspecified atom stereocenters. The molecule has 0 aliphatic carbocycles. The second-order valence-corrected chi connectivity index (χ2v) is 8.36. The number of carboxylic acids is 1. The van der Waals surface area contributed by atoms with Gasteiger partial charge in [-0.25, -0.2) is 4.79 Å². The van der Waals surface area contributed by atoms with Crippen molar-refractivity contribution in [2.75, 3.05) is 6.61 Å². The standard InChI is InChI=1S/C18H30O16/c1-3-5(20)7(22)9(24)17(30-3)33-12-11(26)13(15(27)28)32-16(29)14(12)34-18-10(25)8(23)6(21)4(2-19)31-18/h3-14,16-26,29H,2H2,1H3,(H,27,28)/t3-,4+,5-,6+,7+,8-,9+,10+,11-,12-,13-,14+,16+,17-,18-/m0/s1. The molecule has 3 fully saturated rings. The second kappa shape index (κ2) is 10.9. The van der Waals surface area contributed by atoms with Gasteiger partial charge < -0.3 is 74.7 Å². The van der Waals surface area contributed by atoms with E-state index in [9.17, 15) is 55.9 Å². The Labute approximate surface area is 192 Å². The van der Waals surface area contributed by atoms with E-state index >= 15 is 0 Å². The number of rotatable bonds is 6. The summed E-state index contributed by atoms with van der Waals surface area (Å²) in [6.07, 6.45) is -26.6. The summed E-state index contributed by atoms with van der Waals surface area (Å²) >= 11 is 0. The number of hydrogen-bond acceptors (Lipinski definition) is 15. The summed E-state index contributed by atoms with van der Waals surface area (Å²) in [6.45, 7) is 0.547. The van der Waals surface area contributed by atoms with Crippen molar-refractivity contribution in [1.82, 2.24) is 0 Å². The number of ether oxygens (including phenoxy) is 5. The maximum atomic E-state index is 11.5. The molecule has 34 heavy (non-hydrogen) atoms. The molecule has 0 amide bonds. The molecular weight excluding hydrogens is 472 g/mol. The number of hydrogen-bond donors (Lipinski definition) is 10. The van der Waals surface area contributed by atoms with E-state index in [1.165, 1.54) is 6.92 Å². The van der Waals surface area contributed by atoms with Crippen molar-refractivity contribution in [1.29, 1.82) is 0 Å². The highest BCUT2D eigenvalue weighted by Crippen LogP contribution is 2.32. The Morgan fingerprint density at radius 3 is 1.79 bits per heavy atom. The van der Waals surface area contributed by atoms with Crippen LogP contribution in [0.15, 0.2) is 0 Å². The maximum Gasteiger partial charge on any atom is 0.335 e. The largest absolute Gasteiger partial charge is 0.479 e. The Bertz CT molecular complexity index is 693. The zero-order valence-corrected chi connectivity index (χ0v) is 17.8. The Balaban J connectivity index is 1.85. The summed E-state index contributed by atoms with van der Waals surface area (Å²) in [6, 6.07) is 0. The van der Waals surface area contributed by atoms with Gasteiger partial charge in [0, 0.05) is 0 Å². The molecule has 16 nitrogen and oxygen atoms in total. The molecule has 0 saturated carbocycles. The molecular formula is C18H30O16. The van der Waals surface area contributed by atoms with E-state index in [-0.39, 0.29) is 0 Å². The summed E-state index contributed by atoms with van der Waals surface area (Å²) < 4.78 is 26.2. The number of aliphatic hydroxyl groups excluding tert-OH is 9. The molecule has 10 N–H and O–H groups in total. The minimum Gasteiger partial charge on any atom is -0.479 e. The van der Waals surface area contributed by atoms with Gasteiger partial charge in [-0.15, -0.1) is 0 Å². The highest BCUT2D eigenvalue weighted by molar-refractivity contribution is 5.73. The van der Waals surface area contributed by atoms with Crippen LogP contribution < -0.4 is 0 Å². The minimum atomic E-state index is -2.13. The van der Waals surface area contributed by atoms with E-state index in [2.05, 4.69) is 0 Å². The molecule has 0 aromatic heterocycles. The van der Waals surface area contributed by atoms with Crippen molar-refractivity contribution in [2.24, 2.45) is 0 Å². The lowest BCUT2D eigenvalue weighted by Gasteiger charge is -2.47. The van der Waals surface area contributed by atoms with Crippen molar-refractivity contribution in [2.45, 2.75) is 99.0 Å². The molecule has 3 aliphatic rings. The van der Waals surface area contributed by atoms with Gasteiger partial charge in [0.1, 0.15) is 61.0 Å². The smallest absolute Gasteiger partial charge is 0.335 e. The van der Waals surface area contributed by atoms with Crippen LogP contribution in [-0.2, 0) is 28.5 Å². The highest BCUT2D eigenvalue weighted by atomic mass is 16.8. The topological polar surface area (TPSA) is 266 Å². The van der Waals surface area contributed by atoms with Crippen molar-refractivity contribution in [3.8, 4) is 0 Å². The van der Waals surface area contributed by atoms with Gasteiger partial charge in [-0.2, -0.15) is 0 Å². The Hall–Kier alpha value is -1.09. The predicted molar refractivity (Wildman–Crippen MR) is 100 cm³/mol. The fraction of sp³-hybridized carbons (Fsp3) is 0.944. The summed E-state index contributed by atoms with van der Waals surface area (Å²) in [5, 5.41) is 99.7. The normalized spacial score (nSPS) is 52.4. The van der Waals surface area contributed by atoms with E-state index < -0.39 is 105 Å². The fourth-order valence-electron chi connectivity index (χ4n) is 3.96.